The average molecular weight is 389 g/mol. The van der Waals surface area contributed by atoms with Crippen LogP contribution < -0.4 is 5.32 Å². The highest BCUT2D eigenvalue weighted by Gasteiger charge is 2.11. The van der Waals surface area contributed by atoms with Crippen LogP contribution in [0.3, 0.4) is 0 Å². The topological polar surface area (TPSA) is 12.0 Å². The van der Waals surface area contributed by atoms with Crippen LogP contribution in [0.4, 0.5) is 4.39 Å². The van der Waals surface area contributed by atoms with Crippen LogP contribution in [0.15, 0.2) is 51.8 Å². The van der Waals surface area contributed by atoms with Crippen molar-refractivity contribution in [2.75, 3.05) is 12.8 Å². The van der Waals surface area contributed by atoms with Crippen molar-refractivity contribution in [3.63, 3.8) is 0 Å². The summed E-state index contributed by atoms with van der Waals surface area (Å²) in [5.41, 5.74) is 0.948. The molecule has 1 unspecified atom stereocenters. The highest BCUT2D eigenvalue weighted by Crippen LogP contribution is 2.28. The van der Waals surface area contributed by atoms with Crippen LogP contribution in [0.1, 0.15) is 5.56 Å². The Hall–Kier alpha value is -0.550. The third-order valence-corrected chi connectivity index (χ3v) is 5.65. The second-order valence-electron chi connectivity index (χ2n) is 4.68. The molecule has 112 valence electrons. The first-order valence-electron chi connectivity index (χ1n) is 6.58. The summed E-state index contributed by atoms with van der Waals surface area (Å²) >= 11 is 11.0. The van der Waals surface area contributed by atoms with Gasteiger partial charge in [0.1, 0.15) is 5.82 Å². The number of halogens is 3. The largest absolute Gasteiger partial charge is 0.316 e. The molecule has 0 aliphatic carbocycles. The van der Waals surface area contributed by atoms with Crippen LogP contribution >= 0.6 is 39.3 Å². The third kappa shape index (κ3) is 4.99. The van der Waals surface area contributed by atoms with Gasteiger partial charge in [0.2, 0.25) is 0 Å². The molecule has 0 amide bonds. The lowest BCUT2D eigenvalue weighted by atomic mass is 10.1. The van der Waals surface area contributed by atoms with Crippen LogP contribution in [-0.2, 0) is 6.42 Å². The molecule has 0 heterocycles. The van der Waals surface area contributed by atoms with Gasteiger partial charge in [-0.25, -0.2) is 4.39 Å². The molecule has 0 aliphatic heterocycles. The predicted octanol–water partition coefficient (Wildman–Crippen LogP) is 5.16. The van der Waals surface area contributed by atoms with Crippen molar-refractivity contribution < 1.29 is 4.39 Å². The van der Waals surface area contributed by atoms with E-state index in [1.807, 2.05) is 31.3 Å². The van der Waals surface area contributed by atoms with Crippen LogP contribution in [0.5, 0.6) is 0 Å². The molecule has 1 N–H and O–H groups in total. The number of rotatable bonds is 6. The SMILES string of the molecule is CNC(CSc1ccccc1Br)Cc1ccc(Cl)c(F)c1. The molecule has 0 radical (unpaired) electrons. The standard InChI is InChI=1S/C16H16BrClFNS/c1-20-12(8-11-6-7-14(18)15(19)9-11)10-21-16-5-3-2-4-13(16)17/h2-7,9,12,20H,8,10H2,1H3. The highest BCUT2D eigenvalue weighted by molar-refractivity contribution is 9.10. The number of hydrogen-bond acceptors (Lipinski definition) is 2. The molecule has 0 spiro atoms. The molecule has 0 aromatic heterocycles. The van der Waals surface area contributed by atoms with E-state index in [0.717, 1.165) is 22.2 Å². The van der Waals surface area contributed by atoms with Gasteiger partial charge in [0, 0.05) is 21.2 Å². The smallest absolute Gasteiger partial charge is 0.142 e. The van der Waals surface area contributed by atoms with E-state index in [-0.39, 0.29) is 16.9 Å². The zero-order chi connectivity index (χ0) is 15.2. The lowest BCUT2D eigenvalue weighted by Crippen LogP contribution is -2.30. The number of likely N-dealkylation sites (N-methyl/N-ethyl adjacent to an activating group) is 1. The third-order valence-electron chi connectivity index (χ3n) is 3.15. The summed E-state index contributed by atoms with van der Waals surface area (Å²) in [4.78, 5) is 1.21. The van der Waals surface area contributed by atoms with Gasteiger partial charge in [-0.3, -0.25) is 0 Å². The first-order valence-corrected chi connectivity index (χ1v) is 8.74. The van der Waals surface area contributed by atoms with Crippen LogP contribution in [0.2, 0.25) is 5.02 Å². The Bertz CT molecular complexity index is 609. The summed E-state index contributed by atoms with van der Waals surface area (Å²) in [6.07, 6.45) is 0.766. The van der Waals surface area contributed by atoms with Crippen molar-refractivity contribution in [1.29, 1.82) is 0 Å². The molecule has 0 aliphatic rings. The molecule has 1 atom stereocenters. The quantitative estimate of drug-likeness (QED) is 0.686. The molecule has 0 fully saturated rings. The number of nitrogens with one attached hydrogen (secondary N) is 1. The minimum absolute atomic E-state index is 0.169. The summed E-state index contributed by atoms with van der Waals surface area (Å²) in [5.74, 6) is 0.547. The normalized spacial score (nSPS) is 12.4. The molecule has 2 aromatic rings. The molecule has 2 rings (SSSR count). The molecular formula is C16H16BrClFNS. The van der Waals surface area contributed by atoms with Crippen molar-refractivity contribution in [1.82, 2.24) is 5.32 Å². The summed E-state index contributed by atoms with van der Waals surface area (Å²) < 4.78 is 14.6. The van der Waals surface area contributed by atoms with E-state index in [1.165, 1.54) is 11.0 Å². The van der Waals surface area contributed by atoms with Gasteiger partial charge in [0.15, 0.2) is 0 Å². The van der Waals surface area contributed by atoms with E-state index in [1.54, 1.807) is 17.8 Å². The summed E-state index contributed by atoms with van der Waals surface area (Å²) in [6, 6.07) is 13.4. The number of hydrogen-bond donors (Lipinski definition) is 1. The van der Waals surface area contributed by atoms with E-state index in [9.17, 15) is 4.39 Å². The van der Waals surface area contributed by atoms with Crippen LogP contribution in [-0.4, -0.2) is 18.8 Å². The van der Waals surface area contributed by atoms with Crippen molar-refractivity contribution in [2.24, 2.45) is 0 Å². The molecule has 5 heteroatoms. The lowest BCUT2D eigenvalue weighted by molar-refractivity contribution is 0.603. The predicted molar refractivity (Wildman–Crippen MR) is 92.8 cm³/mol. The van der Waals surface area contributed by atoms with Crippen molar-refractivity contribution in [3.05, 3.63) is 63.3 Å². The molecule has 0 saturated carbocycles. The lowest BCUT2D eigenvalue weighted by Gasteiger charge is -2.16. The maximum Gasteiger partial charge on any atom is 0.142 e. The van der Waals surface area contributed by atoms with Gasteiger partial charge < -0.3 is 5.32 Å². The van der Waals surface area contributed by atoms with Crippen molar-refractivity contribution in [2.45, 2.75) is 17.4 Å². The van der Waals surface area contributed by atoms with Crippen molar-refractivity contribution in [3.8, 4) is 0 Å². The minimum atomic E-state index is -0.359. The first kappa shape index (κ1) is 16.8. The van der Waals surface area contributed by atoms with Crippen LogP contribution in [0, 0.1) is 5.82 Å². The number of thioether (sulfide) groups is 1. The van der Waals surface area contributed by atoms with E-state index < -0.39 is 0 Å². The fourth-order valence-corrected chi connectivity index (χ4v) is 3.74. The van der Waals surface area contributed by atoms with E-state index in [0.29, 0.717) is 0 Å². The van der Waals surface area contributed by atoms with E-state index in [2.05, 4.69) is 27.3 Å². The minimum Gasteiger partial charge on any atom is -0.316 e. The van der Waals surface area contributed by atoms with E-state index in [4.69, 9.17) is 11.6 Å². The first-order chi connectivity index (χ1) is 10.1. The fourth-order valence-electron chi connectivity index (χ4n) is 1.95. The number of benzene rings is 2. The fraction of sp³-hybridized carbons (Fsp3) is 0.250. The van der Waals surface area contributed by atoms with Gasteiger partial charge in [-0.2, -0.15) is 0 Å². The van der Waals surface area contributed by atoms with Gasteiger partial charge in [0.05, 0.1) is 5.02 Å². The van der Waals surface area contributed by atoms with Gasteiger partial charge in [-0.1, -0.05) is 29.8 Å². The average Bonchev–Trinajstić information content (AvgIpc) is 2.48. The molecule has 0 bridgehead atoms. The maximum atomic E-state index is 13.5. The molecule has 0 saturated heterocycles. The van der Waals surface area contributed by atoms with E-state index >= 15 is 0 Å². The van der Waals surface area contributed by atoms with Gasteiger partial charge >= 0.3 is 0 Å². The second kappa shape index (κ2) is 8.18. The summed E-state index contributed by atoms with van der Waals surface area (Å²) in [5, 5.41) is 3.45. The Kier molecular flexibility index (Phi) is 6.55. The van der Waals surface area contributed by atoms with Crippen LogP contribution in [0.25, 0.3) is 0 Å². The summed E-state index contributed by atoms with van der Waals surface area (Å²) in [6.45, 7) is 0. The monoisotopic (exact) mass is 387 g/mol. The Labute approximate surface area is 142 Å². The Morgan fingerprint density at radius 3 is 2.71 bits per heavy atom. The van der Waals surface area contributed by atoms with Crippen molar-refractivity contribution >= 4 is 39.3 Å². The molecular weight excluding hydrogens is 373 g/mol. The van der Waals surface area contributed by atoms with Gasteiger partial charge in [-0.05, 0) is 59.2 Å². The molecule has 21 heavy (non-hydrogen) atoms. The zero-order valence-electron chi connectivity index (χ0n) is 11.6. The highest BCUT2D eigenvalue weighted by atomic mass is 79.9. The Morgan fingerprint density at radius 1 is 1.29 bits per heavy atom. The Balaban J connectivity index is 1.97. The Morgan fingerprint density at radius 2 is 2.05 bits per heavy atom. The van der Waals surface area contributed by atoms with Gasteiger partial charge in [-0.15, -0.1) is 11.8 Å². The molecule has 1 nitrogen and oxygen atoms in total. The second-order valence-corrected chi connectivity index (χ2v) is 7.00. The van der Waals surface area contributed by atoms with Gasteiger partial charge in [0.25, 0.3) is 0 Å². The summed E-state index contributed by atoms with van der Waals surface area (Å²) in [7, 11) is 1.93. The molecule has 2 aromatic carbocycles. The maximum absolute atomic E-state index is 13.5. The zero-order valence-corrected chi connectivity index (χ0v) is 14.7.